The number of hydrogen-bond donors (Lipinski definition) is 0. The Morgan fingerprint density at radius 3 is 1.38 bits per heavy atom. The third-order valence-electron chi connectivity index (χ3n) is 8.58. The minimum atomic E-state index is 0.959. The van der Waals surface area contributed by atoms with Crippen molar-refractivity contribution in [3.05, 3.63) is 144 Å². The number of aryl methyl sites for hydroxylation is 2. The third kappa shape index (κ3) is 3.38. The summed E-state index contributed by atoms with van der Waals surface area (Å²) in [6, 6.07) is 45.3. The molecule has 7 aromatic carbocycles. The van der Waals surface area contributed by atoms with Gasteiger partial charge in [-0.05, 0) is 103 Å². The van der Waals surface area contributed by atoms with E-state index in [-0.39, 0.29) is 0 Å². The molecule has 0 saturated heterocycles. The SMILES string of the molecule is Cc1cc(C)cc(-c2cccc3c2Cc2c(-c4ccc5c6ccccc6c6ccccc6c5c4)cccc2-3)c1. The van der Waals surface area contributed by atoms with Crippen LogP contribution in [0.15, 0.2) is 121 Å². The van der Waals surface area contributed by atoms with E-state index in [1.165, 1.54) is 88.0 Å². The maximum Gasteiger partial charge on any atom is -0.000112 e. The van der Waals surface area contributed by atoms with Gasteiger partial charge in [-0.25, -0.2) is 0 Å². The monoisotopic (exact) mass is 496 g/mol. The molecule has 0 radical (unpaired) electrons. The summed E-state index contributed by atoms with van der Waals surface area (Å²) in [5.74, 6) is 0. The van der Waals surface area contributed by atoms with Gasteiger partial charge >= 0.3 is 0 Å². The first kappa shape index (κ1) is 22.3. The minimum Gasteiger partial charge on any atom is -0.0616 e. The molecule has 7 aromatic rings. The highest BCUT2D eigenvalue weighted by molar-refractivity contribution is 6.25. The average molecular weight is 497 g/mol. The van der Waals surface area contributed by atoms with Crippen LogP contribution < -0.4 is 0 Å². The largest absolute Gasteiger partial charge is 0.0616 e. The molecule has 184 valence electrons. The van der Waals surface area contributed by atoms with Crippen molar-refractivity contribution in [3.8, 4) is 33.4 Å². The highest BCUT2D eigenvalue weighted by Gasteiger charge is 2.24. The summed E-state index contributed by atoms with van der Waals surface area (Å²) in [7, 11) is 0. The Hall–Kier alpha value is -4.68. The van der Waals surface area contributed by atoms with Gasteiger partial charge < -0.3 is 0 Å². The second-order valence-corrected chi connectivity index (χ2v) is 11.1. The van der Waals surface area contributed by atoms with Gasteiger partial charge in [0.1, 0.15) is 0 Å². The summed E-state index contributed by atoms with van der Waals surface area (Å²) < 4.78 is 0. The molecule has 0 aliphatic heterocycles. The molecule has 0 atom stereocenters. The van der Waals surface area contributed by atoms with Crippen molar-refractivity contribution in [3.63, 3.8) is 0 Å². The standard InChI is InChI=1S/C39H28/c1-24-19-25(2)21-27(20-24)29-14-8-16-35-34-15-7-13-28(38(34)23-39(29)35)26-17-18-36-32-11-4-3-9-30(32)31-10-5-6-12-33(31)37(36)22-26/h3-22H,23H2,1-2H3. The van der Waals surface area contributed by atoms with Crippen LogP contribution in [0.4, 0.5) is 0 Å². The molecule has 0 unspecified atom stereocenters. The molecule has 0 aromatic heterocycles. The molecule has 0 spiro atoms. The van der Waals surface area contributed by atoms with Crippen molar-refractivity contribution in [1.82, 2.24) is 0 Å². The zero-order chi connectivity index (χ0) is 26.1. The van der Waals surface area contributed by atoms with Crippen LogP contribution in [-0.4, -0.2) is 0 Å². The third-order valence-corrected chi connectivity index (χ3v) is 8.58. The fraction of sp³-hybridized carbons (Fsp3) is 0.0769. The first-order valence-electron chi connectivity index (χ1n) is 13.8. The smallest absolute Gasteiger partial charge is 0.000112 e. The molecule has 0 saturated carbocycles. The maximum atomic E-state index is 2.42. The van der Waals surface area contributed by atoms with Gasteiger partial charge in [0.15, 0.2) is 0 Å². The van der Waals surface area contributed by atoms with E-state index in [0.717, 1.165) is 6.42 Å². The van der Waals surface area contributed by atoms with Gasteiger partial charge in [0, 0.05) is 0 Å². The molecule has 0 heteroatoms. The molecule has 39 heavy (non-hydrogen) atoms. The Morgan fingerprint density at radius 1 is 0.359 bits per heavy atom. The molecule has 0 amide bonds. The van der Waals surface area contributed by atoms with Gasteiger partial charge in [-0.3, -0.25) is 0 Å². The fourth-order valence-electron chi connectivity index (χ4n) is 6.98. The van der Waals surface area contributed by atoms with Crippen LogP contribution in [0.2, 0.25) is 0 Å². The van der Waals surface area contributed by atoms with E-state index in [2.05, 4.69) is 135 Å². The summed E-state index contributed by atoms with van der Waals surface area (Å²) in [4.78, 5) is 0. The van der Waals surface area contributed by atoms with Gasteiger partial charge in [0.05, 0.1) is 0 Å². The van der Waals surface area contributed by atoms with E-state index < -0.39 is 0 Å². The normalized spacial score (nSPS) is 12.3. The van der Waals surface area contributed by atoms with E-state index in [9.17, 15) is 0 Å². The summed E-state index contributed by atoms with van der Waals surface area (Å²) in [5.41, 5.74) is 13.6. The first-order valence-corrected chi connectivity index (χ1v) is 13.8. The first-order chi connectivity index (χ1) is 19.2. The zero-order valence-corrected chi connectivity index (χ0v) is 22.3. The number of rotatable bonds is 2. The maximum absolute atomic E-state index is 2.42. The number of hydrogen-bond acceptors (Lipinski definition) is 0. The Balaban J connectivity index is 1.33. The Bertz CT molecular complexity index is 2050. The highest BCUT2D eigenvalue weighted by Crippen LogP contribution is 2.46. The molecule has 8 rings (SSSR count). The quantitative estimate of drug-likeness (QED) is 0.209. The number of fused-ring (bicyclic) bond motifs is 9. The average Bonchev–Trinajstić information content (AvgIpc) is 3.36. The van der Waals surface area contributed by atoms with Crippen molar-refractivity contribution < 1.29 is 0 Å². The second-order valence-electron chi connectivity index (χ2n) is 11.1. The van der Waals surface area contributed by atoms with Crippen molar-refractivity contribution in [2.75, 3.05) is 0 Å². The Morgan fingerprint density at radius 2 is 0.821 bits per heavy atom. The van der Waals surface area contributed by atoms with E-state index in [1.54, 1.807) is 0 Å². The molecule has 0 N–H and O–H groups in total. The number of benzene rings is 7. The summed E-state index contributed by atoms with van der Waals surface area (Å²) in [6.07, 6.45) is 0.959. The molecule has 0 bridgehead atoms. The van der Waals surface area contributed by atoms with Gasteiger partial charge in [-0.1, -0.05) is 126 Å². The topological polar surface area (TPSA) is 0 Å². The highest BCUT2D eigenvalue weighted by atomic mass is 14.3. The van der Waals surface area contributed by atoms with Crippen molar-refractivity contribution in [2.45, 2.75) is 20.3 Å². The van der Waals surface area contributed by atoms with Gasteiger partial charge in [0.2, 0.25) is 0 Å². The predicted octanol–water partition coefficient (Wildman–Crippen LogP) is 10.7. The van der Waals surface area contributed by atoms with Crippen LogP contribution in [0.25, 0.3) is 65.7 Å². The fourth-order valence-corrected chi connectivity index (χ4v) is 6.98. The Kier molecular flexibility index (Phi) is 4.81. The lowest BCUT2D eigenvalue weighted by atomic mass is 9.90. The molecule has 1 aliphatic carbocycles. The van der Waals surface area contributed by atoms with Crippen molar-refractivity contribution in [2.24, 2.45) is 0 Å². The lowest BCUT2D eigenvalue weighted by Gasteiger charge is -2.14. The van der Waals surface area contributed by atoms with Crippen LogP contribution in [-0.2, 0) is 6.42 Å². The van der Waals surface area contributed by atoms with Crippen molar-refractivity contribution in [1.29, 1.82) is 0 Å². The summed E-state index contributed by atoms with van der Waals surface area (Å²) in [5, 5.41) is 7.93. The van der Waals surface area contributed by atoms with Crippen LogP contribution in [0.1, 0.15) is 22.3 Å². The van der Waals surface area contributed by atoms with E-state index in [4.69, 9.17) is 0 Å². The summed E-state index contributed by atoms with van der Waals surface area (Å²) >= 11 is 0. The van der Waals surface area contributed by atoms with E-state index >= 15 is 0 Å². The molecule has 0 heterocycles. The van der Waals surface area contributed by atoms with Crippen LogP contribution in [0.3, 0.4) is 0 Å². The molecular formula is C39H28. The van der Waals surface area contributed by atoms with Crippen LogP contribution >= 0.6 is 0 Å². The van der Waals surface area contributed by atoms with E-state index in [0.29, 0.717) is 0 Å². The van der Waals surface area contributed by atoms with Gasteiger partial charge in [-0.15, -0.1) is 0 Å². The molecule has 0 fully saturated rings. The molecule has 1 aliphatic rings. The lowest BCUT2D eigenvalue weighted by Crippen LogP contribution is -1.91. The Labute approximate surface area is 229 Å². The predicted molar refractivity (Wildman–Crippen MR) is 168 cm³/mol. The molecule has 0 nitrogen and oxygen atoms in total. The molecular weight excluding hydrogens is 468 g/mol. The van der Waals surface area contributed by atoms with E-state index in [1.807, 2.05) is 0 Å². The second kappa shape index (κ2) is 8.41. The van der Waals surface area contributed by atoms with Crippen molar-refractivity contribution >= 4 is 32.3 Å². The van der Waals surface area contributed by atoms with Crippen LogP contribution in [0, 0.1) is 13.8 Å². The summed E-state index contributed by atoms with van der Waals surface area (Å²) in [6.45, 7) is 4.39. The van der Waals surface area contributed by atoms with Gasteiger partial charge in [0.25, 0.3) is 0 Å². The van der Waals surface area contributed by atoms with Gasteiger partial charge in [-0.2, -0.15) is 0 Å². The minimum absolute atomic E-state index is 0.959. The zero-order valence-electron chi connectivity index (χ0n) is 22.3. The lowest BCUT2D eigenvalue weighted by molar-refractivity contribution is 1.26. The van der Waals surface area contributed by atoms with Crippen LogP contribution in [0.5, 0.6) is 0 Å².